The van der Waals surface area contributed by atoms with Gasteiger partial charge in [0.15, 0.2) is 0 Å². The molecule has 1 saturated heterocycles. The van der Waals surface area contributed by atoms with Crippen molar-refractivity contribution < 1.29 is 14.3 Å². The molecule has 0 spiro atoms. The average Bonchev–Trinajstić information content (AvgIpc) is 2.99. The maximum absolute atomic E-state index is 12.1. The first-order valence-corrected chi connectivity index (χ1v) is 7.03. The van der Waals surface area contributed by atoms with Crippen LogP contribution in [0.3, 0.4) is 0 Å². The lowest BCUT2D eigenvalue weighted by Crippen LogP contribution is -2.24. The lowest BCUT2D eigenvalue weighted by atomic mass is 10.1. The first kappa shape index (κ1) is 17.8. The summed E-state index contributed by atoms with van der Waals surface area (Å²) in [6.07, 6.45) is 1.72. The highest BCUT2D eigenvalue weighted by atomic mass is 35.5. The number of hydrogen-bond donors (Lipinski definition) is 2. The fourth-order valence-corrected chi connectivity index (χ4v) is 2.19. The molecule has 0 radical (unpaired) electrons. The number of hydrogen-bond acceptors (Lipinski definition) is 4. The van der Waals surface area contributed by atoms with Crippen molar-refractivity contribution in [1.82, 2.24) is 5.32 Å². The predicted molar refractivity (Wildman–Crippen MR) is 85.3 cm³/mol. The summed E-state index contributed by atoms with van der Waals surface area (Å²) in [7, 11) is 1.67. The number of halogens is 1. The third kappa shape index (κ3) is 5.53. The molecule has 1 aromatic rings. The standard InChI is InChI=1S/C15H22N2O3.ClH/c1-19-9-4-10-20-14-6-3-2-5-13(14)17-15(18)12-7-8-16-11-12;/h2-3,5-6,12,16H,4,7-11H2,1H3,(H,17,18);1H. The van der Waals surface area contributed by atoms with Gasteiger partial charge in [-0.1, -0.05) is 12.1 Å². The maximum Gasteiger partial charge on any atom is 0.228 e. The van der Waals surface area contributed by atoms with E-state index in [1.807, 2.05) is 24.3 Å². The van der Waals surface area contributed by atoms with E-state index in [1.165, 1.54) is 0 Å². The molecule has 1 aliphatic rings. The third-order valence-electron chi connectivity index (χ3n) is 3.33. The van der Waals surface area contributed by atoms with Gasteiger partial charge in [-0.05, 0) is 25.1 Å². The molecule has 1 heterocycles. The van der Waals surface area contributed by atoms with Crippen molar-refractivity contribution >= 4 is 24.0 Å². The Labute approximate surface area is 131 Å². The van der Waals surface area contributed by atoms with Crippen molar-refractivity contribution in [3.8, 4) is 5.75 Å². The number of methoxy groups -OCH3 is 1. The summed E-state index contributed by atoms with van der Waals surface area (Å²) in [6.45, 7) is 2.91. The molecule has 21 heavy (non-hydrogen) atoms. The molecule has 0 aliphatic carbocycles. The molecule has 1 aromatic carbocycles. The fourth-order valence-electron chi connectivity index (χ4n) is 2.19. The molecule has 0 aromatic heterocycles. The van der Waals surface area contributed by atoms with Crippen LogP contribution in [0, 0.1) is 5.92 Å². The van der Waals surface area contributed by atoms with Gasteiger partial charge in [0.25, 0.3) is 0 Å². The van der Waals surface area contributed by atoms with E-state index in [2.05, 4.69) is 10.6 Å². The molecule has 1 fully saturated rings. The number of nitrogens with one attached hydrogen (secondary N) is 2. The summed E-state index contributed by atoms with van der Waals surface area (Å²) in [5, 5.41) is 6.15. The second kappa shape index (κ2) is 9.60. The van der Waals surface area contributed by atoms with Crippen molar-refractivity contribution in [2.45, 2.75) is 12.8 Å². The molecule has 2 rings (SSSR count). The first-order chi connectivity index (χ1) is 9.81. The maximum atomic E-state index is 12.1. The highest BCUT2D eigenvalue weighted by Gasteiger charge is 2.23. The van der Waals surface area contributed by atoms with Crippen LogP contribution in [0.25, 0.3) is 0 Å². The summed E-state index contributed by atoms with van der Waals surface area (Å²) in [6, 6.07) is 7.53. The Kier molecular flexibility index (Phi) is 8.12. The Morgan fingerprint density at radius 2 is 2.19 bits per heavy atom. The largest absolute Gasteiger partial charge is 0.491 e. The van der Waals surface area contributed by atoms with Gasteiger partial charge >= 0.3 is 0 Å². The van der Waals surface area contributed by atoms with Crippen LogP contribution in [0.1, 0.15) is 12.8 Å². The number of rotatable bonds is 7. The second-order valence-corrected chi connectivity index (χ2v) is 4.87. The van der Waals surface area contributed by atoms with E-state index in [-0.39, 0.29) is 24.2 Å². The molecule has 118 valence electrons. The second-order valence-electron chi connectivity index (χ2n) is 4.87. The molecule has 0 bridgehead atoms. The van der Waals surface area contributed by atoms with Gasteiger partial charge < -0.3 is 20.1 Å². The zero-order valence-electron chi connectivity index (χ0n) is 12.3. The number of amides is 1. The van der Waals surface area contributed by atoms with Crippen LogP contribution in [0.15, 0.2) is 24.3 Å². The van der Waals surface area contributed by atoms with Crippen molar-refractivity contribution in [3.63, 3.8) is 0 Å². The van der Waals surface area contributed by atoms with Crippen molar-refractivity contribution in [3.05, 3.63) is 24.3 Å². The zero-order valence-corrected chi connectivity index (χ0v) is 13.1. The smallest absolute Gasteiger partial charge is 0.228 e. The number of para-hydroxylation sites is 2. The Morgan fingerprint density at radius 1 is 1.38 bits per heavy atom. The summed E-state index contributed by atoms with van der Waals surface area (Å²) in [5.74, 6) is 0.822. The highest BCUT2D eigenvalue weighted by molar-refractivity contribution is 5.94. The van der Waals surface area contributed by atoms with Crippen molar-refractivity contribution in [1.29, 1.82) is 0 Å². The van der Waals surface area contributed by atoms with Crippen LogP contribution < -0.4 is 15.4 Å². The monoisotopic (exact) mass is 314 g/mol. The number of ether oxygens (including phenoxy) is 2. The molecule has 1 atom stereocenters. The lowest BCUT2D eigenvalue weighted by molar-refractivity contribution is -0.119. The normalized spacial score (nSPS) is 17.1. The van der Waals surface area contributed by atoms with Crippen LogP contribution in [-0.2, 0) is 9.53 Å². The van der Waals surface area contributed by atoms with Gasteiger partial charge in [0.1, 0.15) is 5.75 Å². The van der Waals surface area contributed by atoms with Gasteiger partial charge in [0, 0.05) is 26.7 Å². The van der Waals surface area contributed by atoms with Gasteiger partial charge in [-0.3, -0.25) is 4.79 Å². The van der Waals surface area contributed by atoms with Crippen molar-refractivity contribution in [2.24, 2.45) is 5.92 Å². The van der Waals surface area contributed by atoms with Gasteiger partial charge in [-0.2, -0.15) is 0 Å². The summed E-state index contributed by atoms with van der Waals surface area (Å²) in [4.78, 5) is 12.1. The summed E-state index contributed by atoms with van der Waals surface area (Å²) >= 11 is 0. The van der Waals surface area contributed by atoms with Gasteiger partial charge in [0.2, 0.25) is 5.91 Å². The molecule has 5 nitrogen and oxygen atoms in total. The van der Waals surface area contributed by atoms with E-state index in [0.717, 1.165) is 31.6 Å². The molecule has 2 N–H and O–H groups in total. The average molecular weight is 315 g/mol. The number of carbonyl (C=O) groups is 1. The SMILES string of the molecule is COCCCOc1ccccc1NC(=O)C1CCNC1.Cl. The molecule has 1 aliphatic heterocycles. The lowest BCUT2D eigenvalue weighted by Gasteiger charge is -2.14. The van der Waals surface area contributed by atoms with Crippen LogP contribution in [0.4, 0.5) is 5.69 Å². The van der Waals surface area contributed by atoms with Gasteiger partial charge in [0.05, 0.1) is 18.2 Å². The molecule has 1 unspecified atom stereocenters. The Morgan fingerprint density at radius 3 is 2.90 bits per heavy atom. The van der Waals surface area contributed by atoms with Gasteiger partial charge in [-0.25, -0.2) is 0 Å². The van der Waals surface area contributed by atoms with E-state index < -0.39 is 0 Å². The minimum absolute atomic E-state index is 0. The minimum Gasteiger partial charge on any atom is -0.491 e. The highest BCUT2D eigenvalue weighted by Crippen LogP contribution is 2.25. The predicted octanol–water partition coefficient (Wildman–Crippen LogP) is 2.07. The zero-order chi connectivity index (χ0) is 14.2. The number of anilines is 1. The van der Waals surface area contributed by atoms with E-state index in [9.17, 15) is 4.79 Å². The molecule has 1 amide bonds. The van der Waals surface area contributed by atoms with E-state index in [0.29, 0.717) is 19.0 Å². The summed E-state index contributed by atoms with van der Waals surface area (Å²) < 4.78 is 10.7. The third-order valence-corrected chi connectivity index (χ3v) is 3.33. The Bertz CT molecular complexity index is 437. The quantitative estimate of drug-likeness (QED) is 0.757. The topological polar surface area (TPSA) is 59.6 Å². The Balaban J connectivity index is 0.00000220. The number of benzene rings is 1. The van der Waals surface area contributed by atoms with E-state index >= 15 is 0 Å². The van der Waals surface area contributed by atoms with E-state index in [1.54, 1.807) is 7.11 Å². The Hall–Kier alpha value is -1.30. The van der Waals surface area contributed by atoms with Crippen LogP contribution in [0.5, 0.6) is 5.75 Å². The van der Waals surface area contributed by atoms with Crippen LogP contribution in [0.2, 0.25) is 0 Å². The minimum atomic E-state index is 0. The molecule has 6 heteroatoms. The summed E-state index contributed by atoms with van der Waals surface area (Å²) in [5.41, 5.74) is 0.738. The van der Waals surface area contributed by atoms with Crippen molar-refractivity contribution in [2.75, 3.05) is 38.7 Å². The van der Waals surface area contributed by atoms with E-state index in [4.69, 9.17) is 9.47 Å². The number of carbonyl (C=O) groups excluding carboxylic acids is 1. The van der Waals surface area contributed by atoms with Gasteiger partial charge in [-0.15, -0.1) is 12.4 Å². The first-order valence-electron chi connectivity index (χ1n) is 7.03. The molecule has 0 saturated carbocycles. The van der Waals surface area contributed by atoms with Crippen LogP contribution >= 0.6 is 12.4 Å². The van der Waals surface area contributed by atoms with Crippen LogP contribution in [-0.4, -0.2) is 39.3 Å². The fraction of sp³-hybridized carbons (Fsp3) is 0.533. The molecular weight excluding hydrogens is 292 g/mol. The molecular formula is C15H23ClN2O3.